The van der Waals surface area contributed by atoms with Crippen molar-refractivity contribution in [3.05, 3.63) is 24.0 Å². The van der Waals surface area contributed by atoms with E-state index in [1.54, 1.807) is 6.07 Å². The van der Waals surface area contributed by atoms with E-state index < -0.39 is 11.7 Å². The van der Waals surface area contributed by atoms with Crippen molar-refractivity contribution in [2.45, 2.75) is 50.9 Å². The SMILES string of the molecule is COc1cc(F)cc(NC(=O)C2CC3(C2)CN(CCC2CCC(F)(F)CC2)C3)c1. The van der Waals surface area contributed by atoms with Gasteiger partial charge in [0.1, 0.15) is 11.6 Å². The van der Waals surface area contributed by atoms with E-state index in [2.05, 4.69) is 10.2 Å². The Hall–Kier alpha value is -1.76. The number of rotatable bonds is 6. The fraction of sp³-hybridized carbons (Fsp3) is 0.682. The second-order valence-corrected chi connectivity index (χ2v) is 9.27. The van der Waals surface area contributed by atoms with Crippen LogP contribution in [0.25, 0.3) is 0 Å². The van der Waals surface area contributed by atoms with Gasteiger partial charge >= 0.3 is 0 Å². The molecular weight excluding hydrogens is 381 g/mol. The van der Waals surface area contributed by atoms with Crippen LogP contribution in [0, 0.1) is 23.1 Å². The smallest absolute Gasteiger partial charge is 0.248 e. The number of hydrogen-bond acceptors (Lipinski definition) is 3. The lowest BCUT2D eigenvalue weighted by Crippen LogP contribution is -2.63. The fourth-order valence-corrected chi connectivity index (χ4v) is 5.24. The van der Waals surface area contributed by atoms with E-state index in [0.29, 0.717) is 30.2 Å². The first-order valence-corrected chi connectivity index (χ1v) is 10.5. The van der Waals surface area contributed by atoms with Gasteiger partial charge in [-0.2, -0.15) is 0 Å². The van der Waals surface area contributed by atoms with E-state index >= 15 is 0 Å². The Morgan fingerprint density at radius 1 is 1.21 bits per heavy atom. The van der Waals surface area contributed by atoms with E-state index in [1.165, 1.54) is 19.2 Å². The monoisotopic (exact) mass is 410 g/mol. The lowest BCUT2D eigenvalue weighted by atomic mass is 9.57. The van der Waals surface area contributed by atoms with Crippen molar-refractivity contribution in [2.75, 3.05) is 32.1 Å². The molecule has 2 aliphatic carbocycles. The predicted molar refractivity (Wildman–Crippen MR) is 105 cm³/mol. The second kappa shape index (κ2) is 7.82. The molecular formula is C22H29F3N2O2. The molecule has 7 heteroatoms. The molecule has 160 valence electrons. The number of carbonyl (C=O) groups excluding carboxylic acids is 1. The van der Waals surface area contributed by atoms with E-state index in [4.69, 9.17) is 4.74 Å². The highest BCUT2D eigenvalue weighted by molar-refractivity contribution is 5.93. The van der Waals surface area contributed by atoms with Gasteiger partial charge in [-0.05, 0) is 56.0 Å². The molecule has 1 heterocycles. The number of likely N-dealkylation sites (tertiary alicyclic amines) is 1. The van der Waals surface area contributed by atoms with E-state index in [1.807, 2.05) is 0 Å². The van der Waals surface area contributed by atoms with Gasteiger partial charge in [0.25, 0.3) is 0 Å². The fourth-order valence-electron chi connectivity index (χ4n) is 5.24. The first-order valence-electron chi connectivity index (χ1n) is 10.5. The Labute approximate surface area is 169 Å². The van der Waals surface area contributed by atoms with Gasteiger partial charge in [0.15, 0.2) is 0 Å². The quantitative estimate of drug-likeness (QED) is 0.739. The number of methoxy groups -OCH3 is 1. The average Bonchev–Trinajstić information content (AvgIpc) is 2.59. The highest BCUT2D eigenvalue weighted by atomic mass is 19.3. The molecule has 1 N–H and O–H groups in total. The Bertz CT molecular complexity index is 746. The number of nitrogens with one attached hydrogen (secondary N) is 1. The maximum absolute atomic E-state index is 13.6. The minimum absolute atomic E-state index is 0.0352. The number of alkyl halides is 2. The normalized spacial score (nSPS) is 24.0. The Morgan fingerprint density at radius 2 is 1.90 bits per heavy atom. The Morgan fingerprint density at radius 3 is 2.55 bits per heavy atom. The number of ether oxygens (including phenoxy) is 1. The lowest BCUT2D eigenvalue weighted by molar-refractivity contribution is -0.139. The lowest BCUT2D eigenvalue weighted by Gasteiger charge is -2.59. The number of benzene rings is 1. The van der Waals surface area contributed by atoms with Gasteiger partial charge in [0.2, 0.25) is 11.8 Å². The van der Waals surface area contributed by atoms with Gasteiger partial charge < -0.3 is 15.0 Å². The predicted octanol–water partition coefficient (Wildman–Crippen LogP) is 4.70. The van der Waals surface area contributed by atoms with Crippen molar-refractivity contribution < 1.29 is 22.7 Å². The van der Waals surface area contributed by atoms with Crippen LogP contribution in [0.4, 0.5) is 18.9 Å². The first kappa shape index (κ1) is 20.5. The highest BCUT2D eigenvalue weighted by Crippen LogP contribution is 2.52. The largest absolute Gasteiger partial charge is 0.497 e. The maximum atomic E-state index is 13.6. The molecule has 0 unspecified atom stereocenters. The summed E-state index contributed by atoms with van der Waals surface area (Å²) in [5.41, 5.74) is 0.655. The summed E-state index contributed by atoms with van der Waals surface area (Å²) in [6.07, 6.45) is 4.07. The molecule has 0 bridgehead atoms. The number of nitrogens with zero attached hydrogens (tertiary/aromatic N) is 1. The number of anilines is 1. The zero-order valence-electron chi connectivity index (χ0n) is 16.9. The molecule has 1 spiro atoms. The summed E-state index contributed by atoms with van der Waals surface area (Å²) >= 11 is 0. The Kier molecular flexibility index (Phi) is 5.53. The summed E-state index contributed by atoms with van der Waals surface area (Å²) in [6, 6.07) is 4.18. The van der Waals surface area contributed by atoms with Gasteiger partial charge in [-0.15, -0.1) is 0 Å². The molecule has 3 aliphatic rings. The number of carbonyl (C=O) groups is 1. The van der Waals surface area contributed by atoms with E-state index in [0.717, 1.165) is 38.9 Å². The van der Waals surface area contributed by atoms with Crippen LogP contribution in [-0.2, 0) is 4.79 Å². The van der Waals surface area contributed by atoms with Crippen molar-refractivity contribution in [1.82, 2.24) is 4.90 Å². The molecule has 0 aromatic heterocycles. The third-order valence-electron chi connectivity index (χ3n) is 6.91. The molecule has 1 amide bonds. The summed E-state index contributed by atoms with van der Waals surface area (Å²) < 4.78 is 45.1. The van der Waals surface area contributed by atoms with Crippen LogP contribution in [0.5, 0.6) is 5.75 Å². The molecule has 4 rings (SSSR count). The molecule has 1 aromatic rings. The molecule has 3 fully saturated rings. The van der Waals surface area contributed by atoms with Crippen LogP contribution in [0.3, 0.4) is 0 Å². The van der Waals surface area contributed by atoms with Gasteiger partial charge in [-0.25, -0.2) is 13.2 Å². The Balaban J connectivity index is 1.16. The summed E-state index contributed by atoms with van der Waals surface area (Å²) in [5, 5.41) is 2.80. The summed E-state index contributed by atoms with van der Waals surface area (Å²) in [4.78, 5) is 14.8. The molecule has 1 aromatic carbocycles. The second-order valence-electron chi connectivity index (χ2n) is 9.27. The maximum Gasteiger partial charge on any atom is 0.248 e. The standard InChI is InChI=1S/C22H29F3N2O2/c1-29-19-9-17(23)8-18(10-19)26-20(28)16-11-21(12-16)13-27(14-21)7-4-15-2-5-22(24,25)6-3-15/h8-10,15-16H,2-7,11-14H2,1H3,(H,26,28). The molecule has 1 saturated heterocycles. The summed E-state index contributed by atoms with van der Waals surface area (Å²) in [7, 11) is 1.46. The average molecular weight is 410 g/mol. The topological polar surface area (TPSA) is 41.6 Å². The molecule has 29 heavy (non-hydrogen) atoms. The van der Waals surface area contributed by atoms with Crippen LogP contribution in [-0.4, -0.2) is 43.5 Å². The third-order valence-corrected chi connectivity index (χ3v) is 6.91. The minimum atomic E-state index is -2.45. The van der Waals surface area contributed by atoms with Crippen LogP contribution in [0.15, 0.2) is 18.2 Å². The molecule has 0 atom stereocenters. The van der Waals surface area contributed by atoms with Crippen LogP contribution >= 0.6 is 0 Å². The molecule has 2 saturated carbocycles. The highest BCUT2D eigenvalue weighted by Gasteiger charge is 2.54. The number of halogens is 3. The zero-order chi connectivity index (χ0) is 20.6. The minimum Gasteiger partial charge on any atom is -0.497 e. The van der Waals surface area contributed by atoms with Crippen LogP contribution in [0.1, 0.15) is 44.9 Å². The number of hydrogen-bond donors (Lipinski definition) is 1. The van der Waals surface area contributed by atoms with Crippen molar-refractivity contribution >= 4 is 11.6 Å². The van der Waals surface area contributed by atoms with Gasteiger partial charge in [0.05, 0.1) is 7.11 Å². The van der Waals surface area contributed by atoms with Gasteiger partial charge in [-0.3, -0.25) is 4.79 Å². The van der Waals surface area contributed by atoms with Gasteiger partial charge in [0, 0.05) is 49.7 Å². The number of amides is 1. The van der Waals surface area contributed by atoms with Crippen molar-refractivity contribution in [2.24, 2.45) is 17.3 Å². The molecule has 0 radical (unpaired) electrons. The van der Waals surface area contributed by atoms with Crippen LogP contribution < -0.4 is 10.1 Å². The summed E-state index contributed by atoms with van der Waals surface area (Å²) in [5.74, 6) is -2.19. The van der Waals surface area contributed by atoms with Crippen molar-refractivity contribution in [3.8, 4) is 5.75 Å². The molecule has 1 aliphatic heterocycles. The van der Waals surface area contributed by atoms with Gasteiger partial charge in [-0.1, -0.05) is 0 Å². The van der Waals surface area contributed by atoms with Crippen LogP contribution in [0.2, 0.25) is 0 Å². The zero-order valence-corrected chi connectivity index (χ0v) is 16.9. The summed E-state index contributed by atoms with van der Waals surface area (Å²) in [6.45, 7) is 2.96. The first-order chi connectivity index (χ1) is 13.8. The van der Waals surface area contributed by atoms with E-state index in [9.17, 15) is 18.0 Å². The molecule has 4 nitrogen and oxygen atoms in total. The van der Waals surface area contributed by atoms with E-state index in [-0.39, 0.29) is 30.1 Å². The van der Waals surface area contributed by atoms with Crippen molar-refractivity contribution in [3.63, 3.8) is 0 Å². The van der Waals surface area contributed by atoms with Crippen molar-refractivity contribution in [1.29, 1.82) is 0 Å². The third kappa shape index (κ3) is 4.71.